The van der Waals surface area contributed by atoms with Gasteiger partial charge in [-0.3, -0.25) is 4.79 Å². The quantitative estimate of drug-likeness (QED) is 0.533. The van der Waals surface area contributed by atoms with Crippen LogP contribution in [0.4, 0.5) is 29.6 Å². The topological polar surface area (TPSA) is 119 Å². The van der Waals surface area contributed by atoms with Crippen LogP contribution in [0.3, 0.4) is 0 Å². The van der Waals surface area contributed by atoms with E-state index in [1.54, 1.807) is 30.3 Å². The molecule has 0 bridgehead atoms. The third-order valence-corrected chi connectivity index (χ3v) is 4.54. The summed E-state index contributed by atoms with van der Waals surface area (Å²) >= 11 is 6.01. The molecule has 1 amide bonds. The number of alkyl halides is 3. The predicted molar refractivity (Wildman–Crippen MR) is 113 cm³/mol. The Hall–Kier alpha value is -3.70. The van der Waals surface area contributed by atoms with Crippen molar-refractivity contribution in [2.24, 2.45) is 5.73 Å². The summed E-state index contributed by atoms with van der Waals surface area (Å²) in [7, 11) is 0. The number of hydrogen-bond acceptors (Lipinski definition) is 6. The summed E-state index contributed by atoms with van der Waals surface area (Å²) in [5, 5.41) is 9.33. The molecule has 1 aromatic heterocycles. The van der Waals surface area contributed by atoms with Crippen molar-refractivity contribution in [3.05, 3.63) is 71.4 Å². The minimum absolute atomic E-state index is 0.0415. The molecule has 0 aliphatic heterocycles. The average molecular weight is 481 g/mol. The molecule has 0 saturated carbocycles. The van der Waals surface area contributed by atoms with E-state index in [-0.39, 0.29) is 11.6 Å². The number of carboxylic acids is 1. The third-order valence-electron chi connectivity index (χ3n) is 4.30. The van der Waals surface area contributed by atoms with Crippen LogP contribution in [0, 0.1) is 0 Å². The van der Waals surface area contributed by atoms with Gasteiger partial charge in [0.05, 0.1) is 16.9 Å². The lowest BCUT2D eigenvalue weighted by molar-refractivity contribution is -0.139. The summed E-state index contributed by atoms with van der Waals surface area (Å²) < 4.78 is 43.8. The van der Waals surface area contributed by atoms with Crippen LogP contribution in [0.15, 0.2) is 60.8 Å². The first-order chi connectivity index (χ1) is 15.6. The number of aromatic nitrogens is 2. The molecule has 0 saturated heterocycles. The van der Waals surface area contributed by atoms with Gasteiger partial charge in [-0.05, 0) is 42.5 Å². The fraction of sp³-hybridized carbons (Fsp3) is 0.143. The summed E-state index contributed by atoms with van der Waals surface area (Å²) in [6.45, 7) is -0.681. The highest BCUT2D eigenvalue weighted by atomic mass is 35.5. The molecule has 0 aliphatic rings. The van der Waals surface area contributed by atoms with E-state index in [9.17, 15) is 22.8 Å². The summed E-state index contributed by atoms with van der Waals surface area (Å²) in [4.78, 5) is 32.8. The van der Waals surface area contributed by atoms with Crippen LogP contribution < -0.4 is 10.6 Å². The predicted octanol–water partition coefficient (Wildman–Crippen LogP) is 4.50. The minimum Gasteiger partial charge on any atom is -0.480 e. The summed E-state index contributed by atoms with van der Waals surface area (Å²) in [6.07, 6.45) is -4.37. The van der Waals surface area contributed by atoms with E-state index in [1.807, 2.05) is 0 Å². The number of carbonyl (C=O) groups is 2. The highest BCUT2D eigenvalue weighted by molar-refractivity contribution is 6.30. The van der Waals surface area contributed by atoms with Crippen molar-refractivity contribution in [1.29, 1.82) is 0 Å². The molecule has 0 unspecified atom stereocenters. The fourth-order valence-electron chi connectivity index (χ4n) is 2.66. The second-order valence-corrected chi connectivity index (χ2v) is 7.09. The number of anilines is 2. The van der Waals surface area contributed by atoms with Gasteiger partial charge in [0, 0.05) is 16.8 Å². The fourth-order valence-corrected chi connectivity index (χ4v) is 2.85. The number of hydrogen-bond donors (Lipinski definition) is 2. The van der Waals surface area contributed by atoms with Crippen molar-refractivity contribution < 1.29 is 32.6 Å². The largest absolute Gasteiger partial charge is 0.480 e. The van der Waals surface area contributed by atoms with Crippen LogP contribution in [0.25, 0.3) is 11.3 Å². The Labute approximate surface area is 190 Å². The van der Waals surface area contributed by atoms with Crippen molar-refractivity contribution in [2.75, 3.05) is 11.5 Å². The Kier molecular flexibility index (Phi) is 7.14. The first-order valence-electron chi connectivity index (χ1n) is 9.28. The molecule has 0 radical (unpaired) electrons. The van der Waals surface area contributed by atoms with Crippen molar-refractivity contribution >= 4 is 35.3 Å². The van der Waals surface area contributed by atoms with Crippen LogP contribution in [-0.4, -0.2) is 39.8 Å². The second-order valence-electron chi connectivity index (χ2n) is 6.65. The number of halogens is 4. The molecule has 3 aromatic rings. The third kappa shape index (κ3) is 5.96. The normalized spacial score (nSPS) is 12.2. The van der Waals surface area contributed by atoms with Gasteiger partial charge in [0.1, 0.15) is 12.6 Å². The van der Waals surface area contributed by atoms with Crippen molar-refractivity contribution in [1.82, 2.24) is 9.97 Å². The van der Waals surface area contributed by atoms with E-state index >= 15 is 0 Å². The van der Waals surface area contributed by atoms with E-state index in [1.165, 1.54) is 6.20 Å². The Balaban J connectivity index is 2.01. The van der Waals surface area contributed by atoms with Gasteiger partial charge in [0.15, 0.2) is 0 Å². The molecular formula is C21H16ClF3N4O4. The summed E-state index contributed by atoms with van der Waals surface area (Å²) in [5.41, 5.74) is 5.36. The Morgan fingerprint density at radius 2 is 1.85 bits per heavy atom. The molecule has 0 spiro atoms. The molecule has 0 fully saturated rings. The number of rotatable bonds is 6. The second kappa shape index (κ2) is 9.84. The van der Waals surface area contributed by atoms with Crippen molar-refractivity contribution in [3.8, 4) is 11.3 Å². The highest BCUT2D eigenvalue weighted by Gasteiger charge is 2.31. The standard InChI is InChI=1S/C21H16ClF3N4O4/c22-14-3-1-2-12(10-14)17-8-9-27-19(28-17)29(20(32)33-11-16(26)18(30)31)15-6-4-13(5-7-15)21(23,24)25/h1-10,16H,11,26H2,(H,30,31)/t16-/m0/s1. The molecule has 172 valence electrons. The lowest BCUT2D eigenvalue weighted by Gasteiger charge is -2.22. The average Bonchev–Trinajstić information content (AvgIpc) is 2.77. The van der Waals surface area contributed by atoms with E-state index in [4.69, 9.17) is 27.2 Å². The van der Waals surface area contributed by atoms with E-state index in [0.717, 1.165) is 29.2 Å². The van der Waals surface area contributed by atoms with Crippen LogP contribution in [0.1, 0.15) is 5.56 Å². The smallest absolute Gasteiger partial charge is 0.421 e. The van der Waals surface area contributed by atoms with Crippen LogP contribution >= 0.6 is 11.6 Å². The zero-order chi connectivity index (χ0) is 24.2. The van der Waals surface area contributed by atoms with E-state index in [0.29, 0.717) is 16.3 Å². The number of ether oxygens (including phenoxy) is 1. The molecule has 33 heavy (non-hydrogen) atoms. The number of nitrogens with zero attached hydrogens (tertiary/aromatic N) is 3. The number of nitrogens with two attached hydrogens (primary N) is 1. The molecule has 8 nitrogen and oxygen atoms in total. The minimum atomic E-state index is -4.58. The number of carbonyl (C=O) groups excluding carboxylic acids is 1. The lowest BCUT2D eigenvalue weighted by atomic mass is 10.1. The summed E-state index contributed by atoms with van der Waals surface area (Å²) in [6, 6.07) is 10.4. The first-order valence-corrected chi connectivity index (χ1v) is 9.65. The van der Waals surface area contributed by atoms with Gasteiger partial charge in [-0.2, -0.15) is 13.2 Å². The molecule has 12 heteroatoms. The SMILES string of the molecule is N[C@@H](COC(=O)N(c1ccc(C(F)(F)F)cc1)c1nccc(-c2cccc(Cl)c2)n1)C(=O)O. The van der Waals surface area contributed by atoms with Gasteiger partial charge in [-0.25, -0.2) is 19.7 Å². The van der Waals surface area contributed by atoms with Gasteiger partial charge in [0.2, 0.25) is 5.95 Å². The van der Waals surface area contributed by atoms with E-state index in [2.05, 4.69) is 9.97 Å². The molecule has 1 atom stereocenters. The molecule has 3 rings (SSSR count). The monoisotopic (exact) mass is 480 g/mol. The Morgan fingerprint density at radius 3 is 2.45 bits per heavy atom. The molecule has 2 aromatic carbocycles. The van der Waals surface area contributed by atoms with Crippen LogP contribution in [0.2, 0.25) is 5.02 Å². The maximum atomic E-state index is 13.0. The number of aliphatic carboxylic acids is 1. The molecular weight excluding hydrogens is 465 g/mol. The Morgan fingerprint density at radius 1 is 1.15 bits per heavy atom. The van der Waals surface area contributed by atoms with Gasteiger partial charge < -0.3 is 15.6 Å². The zero-order valence-electron chi connectivity index (χ0n) is 16.7. The van der Waals surface area contributed by atoms with Gasteiger partial charge in [0.25, 0.3) is 0 Å². The van der Waals surface area contributed by atoms with E-state index < -0.39 is 36.5 Å². The highest BCUT2D eigenvalue weighted by Crippen LogP contribution is 2.32. The number of amides is 1. The number of benzene rings is 2. The summed E-state index contributed by atoms with van der Waals surface area (Å²) in [5.74, 6) is -1.62. The lowest BCUT2D eigenvalue weighted by Crippen LogP contribution is -2.38. The van der Waals surface area contributed by atoms with Crippen LogP contribution in [0.5, 0.6) is 0 Å². The maximum Gasteiger partial charge on any atom is 0.421 e. The molecule has 3 N–H and O–H groups in total. The zero-order valence-corrected chi connectivity index (χ0v) is 17.4. The maximum absolute atomic E-state index is 13.0. The van der Waals surface area contributed by atoms with Crippen molar-refractivity contribution in [2.45, 2.75) is 12.2 Å². The van der Waals surface area contributed by atoms with Crippen LogP contribution in [-0.2, 0) is 15.7 Å². The number of carboxylic acid groups (broad SMARTS) is 1. The first kappa shape index (κ1) is 24.0. The van der Waals surface area contributed by atoms with Gasteiger partial charge in [-0.1, -0.05) is 23.7 Å². The molecule has 0 aliphatic carbocycles. The van der Waals surface area contributed by atoms with Gasteiger partial charge >= 0.3 is 18.2 Å². The molecule has 1 heterocycles. The van der Waals surface area contributed by atoms with Gasteiger partial charge in [-0.15, -0.1) is 0 Å². The Bertz CT molecular complexity index is 1160. The van der Waals surface area contributed by atoms with Crippen molar-refractivity contribution in [3.63, 3.8) is 0 Å².